The van der Waals surface area contributed by atoms with Gasteiger partial charge in [-0.2, -0.15) is 0 Å². The molecule has 0 bridgehead atoms. The number of thioether (sulfide) groups is 1. The predicted octanol–water partition coefficient (Wildman–Crippen LogP) is 6.54. The van der Waals surface area contributed by atoms with Gasteiger partial charge in [0.05, 0.1) is 21.1 Å². The zero-order valence-electron chi connectivity index (χ0n) is 12.1. The van der Waals surface area contributed by atoms with E-state index in [1.165, 1.54) is 11.8 Å². The number of benzene rings is 2. The highest BCUT2D eigenvalue weighted by atomic mass is 35.5. The molecule has 2 rings (SSSR count). The van der Waals surface area contributed by atoms with Gasteiger partial charge >= 0.3 is 0 Å². The van der Waals surface area contributed by atoms with Crippen molar-refractivity contribution in [2.24, 2.45) is 4.99 Å². The Morgan fingerprint density at radius 2 is 1.68 bits per heavy atom. The van der Waals surface area contributed by atoms with Crippen LogP contribution in [0.2, 0.25) is 15.1 Å². The molecule has 1 atom stereocenters. The zero-order chi connectivity index (χ0) is 16.1. The Kier molecular flexibility index (Phi) is 6.45. The lowest BCUT2D eigenvalue weighted by Gasteiger charge is -2.13. The normalized spacial score (nSPS) is 13.0. The third-order valence-electron chi connectivity index (χ3n) is 3.02. The average molecular weight is 374 g/mol. The molecule has 0 amide bonds. The summed E-state index contributed by atoms with van der Waals surface area (Å²) in [6.07, 6.45) is 1.96. The van der Waals surface area contributed by atoms with Crippen molar-refractivity contribution in [3.05, 3.63) is 63.1 Å². The van der Waals surface area contributed by atoms with Gasteiger partial charge < -0.3 is 5.32 Å². The van der Waals surface area contributed by atoms with Gasteiger partial charge in [0.25, 0.3) is 0 Å². The first-order chi connectivity index (χ1) is 10.5. The third-order valence-corrected chi connectivity index (χ3v) is 4.81. The van der Waals surface area contributed by atoms with Gasteiger partial charge in [0, 0.05) is 5.69 Å². The van der Waals surface area contributed by atoms with Gasteiger partial charge in [0.2, 0.25) is 0 Å². The Bertz CT molecular complexity index is 651. The van der Waals surface area contributed by atoms with Crippen molar-refractivity contribution in [1.82, 2.24) is 0 Å². The molecule has 2 nitrogen and oxygen atoms in total. The summed E-state index contributed by atoms with van der Waals surface area (Å²) in [5.74, 6) is 0. The smallest absolute Gasteiger partial charge is 0.161 e. The number of rotatable bonds is 3. The van der Waals surface area contributed by atoms with Crippen molar-refractivity contribution < 1.29 is 0 Å². The average Bonchev–Trinajstić information content (AvgIpc) is 2.52. The number of halogens is 3. The van der Waals surface area contributed by atoms with Crippen LogP contribution in [0.1, 0.15) is 18.5 Å². The molecule has 0 aliphatic heterocycles. The van der Waals surface area contributed by atoms with Crippen molar-refractivity contribution in [2.45, 2.75) is 13.0 Å². The monoisotopic (exact) mass is 372 g/mol. The quantitative estimate of drug-likeness (QED) is 0.375. The van der Waals surface area contributed by atoms with Gasteiger partial charge in [-0.05, 0) is 30.9 Å². The fourth-order valence-corrected chi connectivity index (χ4v) is 2.95. The molecule has 0 heterocycles. The molecule has 0 saturated carbocycles. The summed E-state index contributed by atoms with van der Waals surface area (Å²) < 4.78 is 0. The van der Waals surface area contributed by atoms with E-state index in [2.05, 4.69) is 24.4 Å². The molecule has 22 heavy (non-hydrogen) atoms. The Balaban J connectivity index is 2.20. The highest BCUT2D eigenvalue weighted by Gasteiger charge is 2.09. The van der Waals surface area contributed by atoms with Gasteiger partial charge in [0.1, 0.15) is 0 Å². The molecular weight excluding hydrogens is 359 g/mol. The number of anilines is 1. The van der Waals surface area contributed by atoms with E-state index < -0.39 is 0 Å². The van der Waals surface area contributed by atoms with E-state index in [1.54, 1.807) is 12.1 Å². The highest BCUT2D eigenvalue weighted by molar-refractivity contribution is 8.13. The molecule has 116 valence electrons. The molecular formula is C16H15Cl3N2S. The second-order valence-electron chi connectivity index (χ2n) is 4.60. The maximum absolute atomic E-state index is 6.04. The van der Waals surface area contributed by atoms with Crippen molar-refractivity contribution in [3.63, 3.8) is 0 Å². The SMILES string of the molecule is CSC(=N[C@@H](C)c1ccccc1)Nc1cc(Cl)c(Cl)c(Cl)c1. The topological polar surface area (TPSA) is 24.4 Å². The molecule has 0 aromatic heterocycles. The first-order valence-corrected chi connectivity index (χ1v) is 8.95. The summed E-state index contributed by atoms with van der Waals surface area (Å²) in [7, 11) is 0. The van der Waals surface area contributed by atoms with Gasteiger partial charge in [-0.3, -0.25) is 4.99 Å². The maximum atomic E-state index is 6.04. The van der Waals surface area contributed by atoms with Gasteiger partial charge in [-0.1, -0.05) is 76.9 Å². The maximum Gasteiger partial charge on any atom is 0.161 e. The van der Waals surface area contributed by atoms with Crippen LogP contribution in [-0.4, -0.2) is 11.4 Å². The van der Waals surface area contributed by atoms with Crippen LogP contribution in [0.15, 0.2) is 47.5 Å². The molecule has 0 radical (unpaired) electrons. The third kappa shape index (κ3) is 4.56. The molecule has 0 aliphatic carbocycles. The van der Waals surface area contributed by atoms with Crippen LogP contribution in [0.3, 0.4) is 0 Å². The summed E-state index contributed by atoms with van der Waals surface area (Å²) in [5, 5.41) is 5.18. The number of amidine groups is 1. The summed E-state index contributed by atoms with van der Waals surface area (Å²) in [6.45, 7) is 2.05. The number of hydrogen-bond donors (Lipinski definition) is 1. The molecule has 0 saturated heterocycles. The molecule has 2 aromatic rings. The standard InChI is InChI=1S/C16H15Cl3N2S/c1-10(11-6-4-3-5-7-11)20-16(22-2)21-12-8-13(17)15(19)14(18)9-12/h3-10H,1-2H3,(H,20,21)/t10-/m0/s1. The van der Waals surface area contributed by atoms with Crippen LogP contribution in [0, 0.1) is 0 Å². The van der Waals surface area contributed by atoms with Crippen LogP contribution in [0.4, 0.5) is 5.69 Å². The van der Waals surface area contributed by atoms with Crippen LogP contribution in [-0.2, 0) is 0 Å². The number of nitrogens with zero attached hydrogens (tertiary/aromatic N) is 1. The van der Waals surface area contributed by atoms with E-state index in [4.69, 9.17) is 39.8 Å². The van der Waals surface area contributed by atoms with Crippen LogP contribution >= 0.6 is 46.6 Å². The second-order valence-corrected chi connectivity index (χ2v) is 6.59. The van der Waals surface area contributed by atoms with Crippen molar-refractivity contribution in [3.8, 4) is 0 Å². The molecule has 0 aliphatic rings. The van der Waals surface area contributed by atoms with Crippen LogP contribution in [0.25, 0.3) is 0 Å². The first kappa shape index (κ1) is 17.5. The molecule has 0 spiro atoms. The summed E-state index contributed by atoms with van der Waals surface area (Å²) in [5.41, 5.74) is 1.91. The minimum Gasteiger partial charge on any atom is -0.335 e. The molecule has 2 aromatic carbocycles. The lowest BCUT2D eigenvalue weighted by molar-refractivity contribution is 0.823. The molecule has 6 heteroatoms. The fourth-order valence-electron chi connectivity index (χ4n) is 1.87. The highest BCUT2D eigenvalue weighted by Crippen LogP contribution is 2.33. The fraction of sp³-hybridized carbons (Fsp3) is 0.188. The summed E-state index contributed by atoms with van der Waals surface area (Å²) >= 11 is 19.6. The van der Waals surface area contributed by atoms with E-state index in [9.17, 15) is 0 Å². The summed E-state index contributed by atoms with van der Waals surface area (Å²) in [4.78, 5) is 4.69. The zero-order valence-corrected chi connectivity index (χ0v) is 15.2. The van der Waals surface area contributed by atoms with Crippen LogP contribution < -0.4 is 5.32 Å². The van der Waals surface area contributed by atoms with Gasteiger partial charge in [-0.25, -0.2) is 0 Å². The number of hydrogen-bond acceptors (Lipinski definition) is 2. The lowest BCUT2D eigenvalue weighted by atomic mass is 10.1. The van der Waals surface area contributed by atoms with E-state index in [-0.39, 0.29) is 6.04 Å². The first-order valence-electron chi connectivity index (χ1n) is 6.59. The van der Waals surface area contributed by atoms with E-state index in [0.29, 0.717) is 15.1 Å². The second kappa shape index (κ2) is 8.11. The Morgan fingerprint density at radius 1 is 1.09 bits per heavy atom. The van der Waals surface area contributed by atoms with E-state index >= 15 is 0 Å². The van der Waals surface area contributed by atoms with Gasteiger partial charge in [-0.15, -0.1) is 0 Å². The number of nitrogens with one attached hydrogen (secondary N) is 1. The molecule has 1 N–H and O–H groups in total. The molecule has 0 fully saturated rings. The van der Waals surface area contributed by atoms with Crippen LogP contribution in [0.5, 0.6) is 0 Å². The van der Waals surface area contributed by atoms with Crippen molar-refractivity contribution >= 4 is 57.4 Å². The van der Waals surface area contributed by atoms with Crippen molar-refractivity contribution in [2.75, 3.05) is 11.6 Å². The van der Waals surface area contributed by atoms with Crippen molar-refractivity contribution in [1.29, 1.82) is 0 Å². The molecule has 0 unspecified atom stereocenters. The van der Waals surface area contributed by atoms with E-state index in [0.717, 1.165) is 16.4 Å². The Morgan fingerprint density at radius 3 is 2.23 bits per heavy atom. The number of aliphatic imine (C=N–C) groups is 1. The van der Waals surface area contributed by atoms with Gasteiger partial charge in [0.15, 0.2) is 5.17 Å². The Labute approximate surface area is 149 Å². The largest absolute Gasteiger partial charge is 0.335 e. The summed E-state index contributed by atoms with van der Waals surface area (Å²) in [6, 6.07) is 13.6. The van der Waals surface area contributed by atoms with E-state index in [1.807, 2.05) is 24.5 Å². The Hall–Kier alpha value is -0.870. The predicted molar refractivity (Wildman–Crippen MR) is 101 cm³/mol. The minimum absolute atomic E-state index is 0.0504. The lowest BCUT2D eigenvalue weighted by Crippen LogP contribution is -2.09. The minimum atomic E-state index is 0.0504.